The standard InChI is InChI=1S/C12H12N2O3S2/c15-11(9-4-2-1-3-5-9)14-12(18)13-10-6-7-19(16,17)8-10/h1-7,10H,8H2,(H2,13,14,15,18). The Morgan fingerprint density at radius 3 is 2.53 bits per heavy atom. The van der Waals surface area contributed by atoms with Crippen molar-refractivity contribution in [3.05, 3.63) is 47.4 Å². The number of benzene rings is 1. The lowest BCUT2D eigenvalue weighted by Crippen LogP contribution is -2.44. The third kappa shape index (κ3) is 3.87. The first kappa shape index (κ1) is 13.7. The Balaban J connectivity index is 1.89. The number of hydrogen-bond donors (Lipinski definition) is 2. The molecular weight excluding hydrogens is 284 g/mol. The lowest BCUT2D eigenvalue weighted by Gasteiger charge is -2.13. The van der Waals surface area contributed by atoms with Crippen molar-refractivity contribution in [3.63, 3.8) is 0 Å². The maximum atomic E-state index is 11.8. The van der Waals surface area contributed by atoms with Crippen LogP contribution in [-0.4, -0.2) is 31.2 Å². The summed E-state index contributed by atoms with van der Waals surface area (Å²) in [6.45, 7) is 0. The van der Waals surface area contributed by atoms with E-state index in [1.165, 1.54) is 6.08 Å². The SMILES string of the molecule is O=C(NC(=S)NC1C=CS(=O)(=O)C1)c1ccccc1. The zero-order valence-corrected chi connectivity index (χ0v) is 11.5. The highest BCUT2D eigenvalue weighted by Gasteiger charge is 2.22. The van der Waals surface area contributed by atoms with E-state index in [2.05, 4.69) is 10.6 Å². The molecule has 1 aliphatic heterocycles. The quantitative estimate of drug-likeness (QED) is 0.782. The second-order valence-electron chi connectivity index (χ2n) is 4.06. The van der Waals surface area contributed by atoms with Gasteiger partial charge >= 0.3 is 0 Å². The molecule has 19 heavy (non-hydrogen) atoms. The summed E-state index contributed by atoms with van der Waals surface area (Å²) in [4.78, 5) is 11.8. The van der Waals surface area contributed by atoms with Crippen LogP contribution in [0, 0.1) is 0 Å². The van der Waals surface area contributed by atoms with Gasteiger partial charge in [0.05, 0.1) is 11.8 Å². The second-order valence-corrected chi connectivity index (χ2v) is 6.40. The lowest BCUT2D eigenvalue weighted by atomic mass is 10.2. The zero-order chi connectivity index (χ0) is 13.9. The number of hydrogen-bond acceptors (Lipinski definition) is 4. The highest BCUT2D eigenvalue weighted by Crippen LogP contribution is 2.07. The van der Waals surface area contributed by atoms with Gasteiger partial charge in [0.2, 0.25) is 0 Å². The fourth-order valence-corrected chi connectivity index (χ4v) is 3.11. The number of thiocarbonyl (C=S) groups is 1. The Morgan fingerprint density at radius 2 is 1.95 bits per heavy atom. The molecule has 0 radical (unpaired) electrons. The first-order valence-electron chi connectivity index (χ1n) is 5.54. The first-order chi connectivity index (χ1) is 8.96. The van der Waals surface area contributed by atoms with Gasteiger partial charge in [0.25, 0.3) is 5.91 Å². The van der Waals surface area contributed by atoms with E-state index >= 15 is 0 Å². The van der Waals surface area contributed by atoms with Crippen molar-refractivity contribution in [3.8, 4) is 0 Å². The fourth-order valence-electron chi connectivity index (χ4n) is 1.63. The largest absolute Gasteiger partial charge is 0.355 e. The first-order valence-corrected chi connectivity index (χ1v) is 7.66. The van der Waals surface area contributed by atoms with Gasteiger partial charge in [-0.25, -0.2) is 8.42 Å². The molecule has 1 unspecified atom stereocenters. The maximum Gasteiger partial charge on any atom is 0.257 e. The van der Waals surface area contributed by atoms with E-state index in [0.29, 0.717) is 5.56 Å². The molecule has 1 aromatic carbocycles. The summed E-state index contributed by atoms with van der Waals surface area (Å²) in [6, 6.07) is 8.24. The van der Waals surface area contributed by atoms with E-state index in [1.54, 1.807) is 24.3 Å². The summed E-state index contributed by atoms with van der Waals surface area (Å²) in [5.74, 6) is -0.378. The molecule has 7 heteroatoms. The number of carbonyl (C=O) groups is 1. The predicted molar refractivity (Wildman–Crippen MR) is 76.4 cm³/mol. The molecule has 2 rings (SSSR count). The highest BCUT2D eigenvalue weighted by molar-refractivity contribution is 7.94. The van der Waals surface area contributed by atoms with Crippen LogP contribution >= 0.6 is 12.2 Å². The van der Waals surface area contributed by atoms with Gasteiger partial charge in [-0.3, -0.25) is 10.1 Å². The minimum atomic E-state index is -3.14. The summed E-state index contributed by atoms with van der Waals surface area (Å²) in [5.41, 5.74) is 0.487. The smallest absolute Gasteiger partial charge is 0.257 e. The minimum absolute atomic E-state index is 0.0473. The monoisotopic (exact) mass is 296 g/mol. The molecule has 1 aromatic rings. The third-order valence-corrected chi connectivity index (χ3v) is 4.13. The molecule has 0 saturated heterocycles. The zero-order valence-electron chi connectivity index (χ0n) is 9.87. The van der Waals surface area contributed by atoms with Crippen LogP contribution in [0.1, 0.15) is 10.4 Å². The molecular formula is C12H12N2O3S2. The van der Waals surface area contributed by atoms with Gasteiger partial charge in [-0.1, -0.05) is 18.2 Å². The average molecular weight is 296 g/mol. The maximum absolute atomic E-state index is 11.8. The van der Waals surface area contributed by atoms with Crippen LogP contribution in [-0.2, 0) is 9.84 Å². The molecule has 100 valence electrons. The van der Waals surface area contributed by atoms with Crippen LogP contribution in [0.25, 0.3) is 0 Å². The molecule has 1 heterocycles. The molecule has 1 atom stereocenters. The van der Waals surface area contributed by atoms with E-state index in [9.17, 15) is 13.2 Å². The van der Waals surface area contributed by atoms with Gasteiger partial charge in [-0.2, -0.15) is 0 Å². The Morgan fingerprint density at radius 1 is 1.26 bits per heavy atom. The van der Waals surface area contributed by atoms with Gasteiger partial charge in [0.1, 0.15) is 0 Å². The molecule has 0 fully saturated rings. The van der Waals surface area contributed by atoms with Crippen LogP contribution in [0.5, 0.6) is 0 Å². The summed E-state index contributed by atoms with van der Waals surface area (Å²) in [6.07, 6.45) is 1.51. The third-order valence-electron chi connectivity index (χ3n) is 2.51. The van der Waals surface area contributed by atoms with Crippen LogP contribution in [0.15, 0.2) is 41.8 Å². The topological polar surface area (TPSA) is 75.3 Å². The molecule has 1 amide bonds. The van der Waals surface area contributed by atoms with Crippen LogP contribution in [0.3, 0.4) is 0 Å². The lowest BCUT2D eigenvalue weighted by molar-refractivity contribution is 0.0976. The molecule has 2 N–H and O–H groups in total. The molecule has 0 aliphatic carbocycles. The van der Waals surface area contributed by atoms with Crippen molar-refractivity contribution in [1.82, 2.24) is 10.6 Å². The summed E-state index contributed by atoms with van der Waals surface area (Å²) >= 11 is 4.97. The molecule has 0 bridgehead atoms. The minimum Gasteiger partial charge on any atom is -0.355 e. The number of rotatable bonds is 2. The summed E-state index contributed by atoms with van der Waals surface area (Å²) in [7, 11) is -3.14. The normalized spacial score (nSPS) is 19.9. The fraction of sp³-hybridized carbons (Fsp3) is 0.167. The van der Waals surface area contributed by atoms with Gasteiger partial charge in [-0.15, -0.1) is 0 Å². The molecule has 0 spiro atoms. The van der Waals surface area contributed by atoms with Gasteiger partial charge < -0.3 is 5.32 Å². The Kier molecular flexibility index (Phi) is 3.96. The Bertz CT molecular complexity index is 624. The second kappa shape index (κ2) is 5.50. The molecule has 1 aliphatic rings. The van der Waals surface area contributed by atoms with Crippen LogP contribution < -0.4 is 10.6 Å². The van der Waals surface area contributed by atoms with E-state index in [-0.39, 0.29) is 16.8 Å². The average Bonchev–Trinajstić information content (AvgIpc) is 2.69. The van der Waals surface area contributed by atoms with Gasteiger partial charge in [0.15, 0.2) is 14.9 Å². The highest BCUT2D eigenvalue weighted by atomic mass is 32.2. The van der Waals surface area contributed by atoms with Crippen LogP contribution in [0.4, 0.5) is 0 Å². The van der Waals surface area contributed by atoms with Crippen molar-refractivity contribution in [1.29, 1.82) is 0 Å². The Labute approximate surface area is 116 Å². The molecule has 0 saturated carbocycles. The summed E-state index contributed by atoms with van der Waals surface area (Å²) < 4.78 is 22.4. The number of carbonyl (C=O) groups excluding carboxylic acids is 1. The molecule has 0 aromatic heterocycles. The Hall–Kier alpha value is -1.73. The van der Waals surface area contributed by atoms with Crippen molar-refractivity contribution >= 4 is 33.1 Å². The van der Waals surface area contributed by atoms with E-state index in [1.807, 2.05) is 6.07 Å². The van der Waals surface area contributed by atoms with E-state index in [4.69, 9.17) is 12.2 Å². The van der Waals surface area contributed by atoms with Gasteiger partial charge in [-0.05, 0) is 30.4 Å². The van der Waals surface area contributed by atoms with E-state index < -0.39 is 15.9 Å². The number of sulfone groups is 1. The van der Waals surface area contributed by atoms with E-state index in [0.717, 1.165) is 5.41 Å². The number of nitrogens with one attached hydrogen (secondary N) is 2. The van der Waals surface area contributed by atoms with Gasteiger partial charge in [0, 0.05) is 11.0 Å². The summed E-state index contributed by atoms with van der Waals surface area (Å²) in [5, 5.41) is 6.53. The van der Waals surface area contributed by atoms with Crippen molar-refractivity contribution < 1.29 is 13.2 Å². The van der Waals surface area contributed by atoms with Crippen molar-refractivity contribution in [2.24, 2.45) is 0 Å². The number of amides is 1. The van der Waals surface area contributed by atoms with Crippen molar-refractivity contribution in [2.75, 3.05) is 5.75 Å². The van der Waals surface area contributed by atoms with Crippen LogP contribution in [0.2, 0.25) is 0 Å². The molecule has 5 nitrogen and oxygen atoms in total. The predicted octanol–water partition coefficient (Wildman–Crippen LogP) is 0.602. The van der Waals surface area contributed by atoms with Crippen molar-refractivity contribution in [2.45, 2.75) is 6.04 Å².